The van der Waals surface area contributed by atoms with Crippen LogP contribution in [0, 0.1) is 0 Å². The number of hydrogen-bond donors (Lipinski definition) is 1. The topological polar surface area (TPSA) is 45.5 Å². The third-order valence-corrected chi connectivity index (χ3v) is 3.73. The number of anilines is 1. The number of imidazole rings is 1. The molecule has 0 bridgehead atoms. The van der Waals surface area contributed by atoms with Crippen LogP contribution in [0.3, 0.4) is 0 Å². The fourth-order valence-electron chi connectivity index (χ4n) is 2.01. The second kappa shape index (κ2) is 5.34. The van der Waals surface area contributed by atoms with Gasteiger partial charge in [-0.2, -0.15) is 0 Å². The highest BCUT2D eigenvalue weighted by atomic mass is 35.5. The Hall–Kier alpha value is -1.72. The maximum absolute atomic E-state index is 6.03. The summed E-state index contributed by atoms with van der Waals surface area (Å²) in [5.41, 5.74) is 4.21. The van der Waals surface area contributed by atoms with Crippen molar-refractivity contribution in [3.8, 4) is 0 Å². The first-order valence-electron chi connectivity index (χ1n) is 6.16. The molecule has 0 spiro atoms. The molecule has 1 aromatic carbocycles. The van der Waals surface area contributed by atoms with E-state index in [1.165, 1.54) is 0 Å². The van der Waals surface area contributed by atoms with Crippen LogP contribution >= 0.6 is 23.2 Å². The number of halogens is 2. The fraction of sp³-hybridized carbons (Fsp3) is 0.231. The Morgan fingerprint density at radius 3 is 2.85 bits per heavy atom. The summed E-state index contributed by atoms with van der Waals surface area (Å²) in [6.07, 6.45) is 4.43. The van der Waals surface area contributed by atoms with Crippen LogP contribution in [0.25, 0.3) is 0 Å². The number of benzene rings is 1. The van der Waals surface area contributed by atoms with Crippen molar-refractivity contribution in [2.75, 3.05) is 11.6 Å². The molecule has 0 aliphatic carbocycles. The highest BCUT2D eigenvalue weighted by molar-refractivity contribution is 6.42. The molecule has 1 fully saturated rings. The molecule has 2 heterocycles. The van der Waals surface area contributed by atoms with Gasteiger partial charge in [0.25, 0.3) is 0 Å². The molecule has 104 valence electrons. The molecule has 1 saturated heterocycles. The normalized spacial score (nSPS) is 16.8. The summed E-state index contributed by atoms with van der Waals surface area (Å²) < 4.78 is 1.87. The summed E-state index contributed by atoms with van der Waals surface area (Å²) in [5.74, 6) is 1.58. The van der Waals surface area contributed by atoms with Crippen LogP contribution in [0.5, 0.6) is 0 Å². The molecule has 0 unspecified atom stereocenters. The minimum atomic E-state index is 0.543. The first-order chi connectivity index (χ1) is 9.61. The van der Waals surface area contributed by atoms with Crippen molar-refractivity contribution in [2.45, 2.75) is 6.42 Å². The number of rotatable bonds is 2. The van der Waals surface area contributed by atoms with E-state index in [1.807, 2.05) is 35.0 Å². The minimum Gasteiger partial charge on any atom is -0.338 e. The van der Waals surface area contributed by atoms with E-state index < -0.39 is 0 Å². The summed E-state index contributed by atoms with van der Waals surface area (Å²) in [6.45, 7) is 0.823. The van der Waals surface area contributed by atoms with Gasteiger partial charge in [-0.15, -0.1) is 0 Å². The van der Waals surface area contributed by atoms with Crippen LogP contribution in [0.1, 0.15) is 6.42 Å². The van der Waals surface area contributed by atoms with E-state index in [0.29, 0.717) is 15.9 Å². The monoisotopic (exact) mass is 309 g/mol. The molecule has 2 aromatic rings. The summed E-state index contributed by atoms with van der Waals surface area (Å²) >= 11 is 12.0. The van der Waals surface area contributed by atoms with Crippen LogP contribution in [-0.4, -0.2) is 21.9 Å². The minimum absolute atomic E-state index is 0.543. The van der Waals surface area contributed by atoms with E-state index in [4.69, 9.17) is 23.2 Å². The highest BCUT2D eigenvalue weighted by Gasteiger charge is 2.18. The Bertz CT molecular complexity index is 665. The lowest BCUT2D eigenvalue weighted by molar-refractivity contribution is 0.858. The Morgan fingerprint density at radius 1 is 1.30 bits per heavy atom. The van der Waals surface area contributed by atoms with Crippen molar-refractivity contribution < 1.29 is 0 Å². The number of aliphatic imine (C=N–C) groups is 1. The van der Waals surface area contributed by atoms with Crippen LogP contribution in [-0.2, 0) is 7.05 Å². The molecule has 0 radical (unpaired) electrons. The van der Waals surface area contributed by atoms with E-state index in [-0.39, 0.29) is 0 Å². The van der Waals surface area contributed by atoms with Crippen molar-refractivity contribution in [3.63, 3.8) is 0 Å². The average molecular weight is 310 g/mol. The highest BCUT2D eigenvalue weighted by Crippen LogP contribution is 2.27. The van der Waals surface area contributed by atoms with Gasteiger partial charge in [0.1, 0.15) is 5.84 Å². The molecule has 1 aliphatic rings. The van der Waals surface area contributed by atoms with Gasteiger partial charge in [-0.25, -0.2) is 9.98 Å². The molecule has 0 saturated carbocycles. The maximum Gasteiger partial charge on any atom is 0.171 e. The number of nitrogens with zero attached hydrogens (tertiary/aromatic N) is 4. The molecule has 20 heavy (non-hydrogen) atoms. The standard InChI is InChI=1S/C13H13Cl2N5/c1-19-7-13(16-8-19)17-12-4-5-20(18-12)9-2-3-10(14)11(15)6-9/h2-3,6-8H,4-5H2,1H3,(H,17,18). The third-order valence-electron chi connectivity index (χ3n) is 2.99. The van der Waals surface area contributed by atoms with Gasteiger partial charge in [-0.05, 0) is 18.2 Å². The van der Waals surface area contributed by atoms with Gasteiger partial charge in [0.15, 0.2) is 5.82 Å². The van der Waals surface area contributed by atoms with Crippen molar-refractivity contribution >= 4 is 40.5 Å². The predicted octanol–water partition coefficient (Wildman–Crippen LogP) is 3.17. The Balaban J connectivity index is 1.76. The third kappa shape index (κ3) is 2.73. The molecule has 7 heteroatoms. The molecule has 0 amide bonds. The smallest absolute Gasteiger partial charge is 0.171 e. The van der Waals surface area contributed by atoms with E-state index in [1.54, 1.807) is 12.4 Å². The van der Waals surface area contributed by atoms with Gasteiger partial charge >= 0.3 is 0 Å². The number of nitrogens with one attached hydrogen (secondary N) is 1. The van der Waals surface area contributed by atoms with E-state index in [2.05, 4.69) is 15.4 Å². The zero-order valence-electron chi connectivity index (χ0n) is 10.8. The largest absolute Gasteiger partial charge is 0.338 e. The van der Waals surface area contributed by atoms with Gasteiger partial charge in [-0.3, -0.25) is 10.4 Å². The molecule has 1 aliphatic heterocycles. The Labute approximate surface area is 126 Å². The van der Waals surface area contributed by atoms with Crippen molar-refractivity contribution in [3.05, 3.63) is 40.8 Å². The first-order valence-corrected chi connectivity index (χ1v) is 6.92. The molecular formula is C13H13Cl2N5. The molecule has 0 atom stereocenters. The zero-order chi connectivity index (χ0) is 14.1. The number of hydrazine groups is 1. The summed E-state index contributed by atoms with van der Waals surface area (Å²) in [6, 6.07) is 5.54. The van der Waals surface area contributed by atoms with Gasteiger partial charge in [0, 0.05) is 26.2 Å². The zero-order valence-corrected chi connectivity index (χ0v) is 12.4. The summed E-state index contributed by atoms with van der Waals surface area (Å²) in [4.78, 5) is 8.65. The SMILES string of the molecule is Cn1cnc(/N=C2\CCN(c3ccc(Cl)c(Cl)c3)N2)c1. The van der Waals surface area contributed by atoms with Crippen molar-refractivity contribution in [2.24, 2.45) is 12.0 Å². The Morgan fingerprint density at radius 2 is 2.15 bits per heavy atom. The van der Waals surface area contributed by atoms with Crippen molar-refractivity contribution in [1.82, 2.24) is 15.0 Å². The maximum atomic E-state index is 6.03. The average Bonchev–Trinajstić information content (AvgIpc) is 3.03. The van der Waals surface area contributed by atoms with E-state index in [0.717, 1.165) is 24.5 Å². The van der Waals surface area contributed by atoms with Crippen molar-refractivity contribution in [1.29, 1.82) is 0 Å². The van der Waals surface area contributed by atoms with Crippen LogP contribution in [0.4, 0.5) is 11.5 Å². The number of amidine groups is 1. The molecule has 1 N–H and O–H groups in total. The quantitative estimate of drug-likeness (QED) is 0.926. The van der Waals surface area contributed by atoms with Crippen LogP contribution in [0.2, 0.25) is 10.0 Å². The summed E-state index contributed by atoms with van der Waals surface area (Å²) in [7, 11) is 1.92. The molecule has 1 aromatic heterocycles. The fourth-order valence-corrected chi connectivity index (χ4v) is 2.30. The first kappa shape index (κ1) is 13.3. The number of aromatic nitrogens is 2. The van der Waals surface area contributed by atoms with E-state index in [9.17, 15) is 0 Å². The van der Waals surface area contributed by atoms with Gasteiger partial charge in [-0.1, -0.05) is 23.2 Å². The second-order valence-corrected chi connectivity index (χ2v) is 5.38. The number of aryl methyl sites for hydroxylation is 1. The van der Waals surface area contributed by atoms with E-state index >= 15 is 0 Å². The predicted molar refractivity (Wildman–Crippen MR) is 81.9 cm³/mol. The van der Waals surface area contributed by atoms with Gasteiger partial charge in [0.2, 0.25) is 0 Å². The van der Waals surface area contributed by atoms with Gasteiger partial charge < -0.3 is 4.57 Å². The summed E-state index contributed by atoms with van der Waals surface area (Å²) in [5, 5.41) is 3.09. The lowest BCUT2D eigenvalue weighted by atomic mass is 10.3. The second-order valence-electron chi connectivity index (χ2n) is 4.57. The molecular weight excluding hydrogens is 297 g/mol. The lowest BCUT2D eigenvalue weighted by Gasteiger charge is -2.18. The lowest BCUT2D eigenvalue weighted by Crippen LogP contribution is -2.32. The van der Waals surface area contributed by atoms with Crippen LogP contribution < -0.4 is 10.4 Å². The van der Waals surface area contributed by atoms with Crippen LogP contribution in [0.15, 0.2) is 35.7 Å². The Kier molecular flexibility index (Phi) is 3.54. The van der Waals surface area contributed by atoms with Gasteiger partial charge in [0.05, 0.1) is 22.1 Å². The molecule has 3 rings (SSSR count). The number of hydrogen-bond acceptors (Lipinski definition) is 3. The molecule has 5 nitrogen and oxygen atoms in total.